The van der Waals surface area contributed by atoms with Crippen LogP contribution in [0.4, 0.5) is 0 Å². The maximum absolute atomic E-state index is 5.24. The Morgan fingerprint density at radius 3 is 2.55 bits per heavy atom. The molecule has 0 spiro atoms. The van der Waals surface area contributed by atoms with E-state index in [4.69, 9.17) is 9.97 Å². The maximum atomic E-state index is 5.24. The van der Waals surface area contributed by atoms with Gasteiger partial charge < -0.3 is 0 Å². The first-order valence-electron chi connectivity index (χ1n) is 18.6. The molecule has 1 aromatic carbocycles. The van der Waals surface area contributed by atoms with Gasteiger partial charge in [0, 0.05) is 30.4 Å². The molecule has 1 aliphatic carbocycles. The van der Waals surface area contributed by atoms with Gasteiger partial charge >= 0.3 is 0 Å². The zero-order valence-corrected chi connectivity index (χ0v) is 32.0. The number of hydrogen-bond donors (Lipinski definition) is 1. The molecule has 0 bridgehead atoms. The largest absolute Gasteiger partial charge is 0.263 e. The minimum atomic E-state index is -1.43. The summed E-state index contributed by atoms with van der Waals surface area (Å²) in [6, 6.07) is 7.00. The van der Waals surface area contributed by atoms with E-state index < -0.39 is 9.58 Å². The van der Waals surface area contributed by atoms with Gasteiger partial charge in [0.05, 0.1) is 16.9 Å². The summed E-state index contributed by atoms with van der Waals surface area (Å²) in [4.78, 5) is 10.2. The van der Waals surface area contributed by atoms with Gasteiger partial charge in [-0.25, -0.2) is 9.97 Å². The third-order valence-electron chi connectivity index (χ3n) is 11.2. The number of hydrogen-bond acceptors (Lipinski definition) is 5. The van der Waals surface area contributed by atoms with E-state index in [0.29, 0.717) is 23.2 Å². The molecule has 1 aliphatic heterocycles. The van der Waals surface area contributed by atoms with Gasteiger partial charge in [0.25, 0.3) is 0 Å². The second-order valence-electron chi connectivity index (χ2n) is 14.9. The number of aryl methyl sites for hydroxylation is 3. The van der Waals surface area contributed by atoms with Crippen molar-refractivity contribution in [2.24, 2.45) is 17.3 Å². The molecule has 5 rings (SSSR count). The molecule has 1 N–H and O–H groups in total. The Bertz CT molecular complexity index is 1610. The lowest BCUT2D eigenvalue weighted by atomic mass is 9.83. The van der Waals surface area contributed by atoms with E-state index in [1.165, 1.54) is 86.3 Å². The molecule has 2 fully saturated rings. The number of nitrogens with zero attached hydrogens (tertiary/aromatic N) is 3. The molecule has 1 saturated heterocycles. The molecule has 0 radical (unpaired) electrons. The van der Waals surface area contributed by atoms with E-state index in [0.717, 1.165) is 54.4 Å². The van der Waals surface area contributed by atoms with Crippen molar-refractivity contribution in [2.45, 2.75) is 125 Å². The number of rotatable bonds is 18. The van der Waals surface area contributed by atoms with Gasteiger partial charge in [0.1, 0.15) is 5.01 Å². The van der Waals surface area contributed by atoms with Gasteiger partial charge in [-0.1, -0.05) is 89.9 Å². The Labute approximate surface area is 291 Å². The number of nitrogens with one attached hydrogen (secondary N) is 1. The van der Waals surface area contributed by atoms with Crippen molar-refractivity contribution in [3.05, 3.63) is 58.1 Å². The number of allylic oxidation sites excluding steroid dienone is 2. The average Bonchev–Trinajstić information content (AvgIpc) is 3.40. The SMILES string of the molecule is C=S(=C)(NC[C@@]1(C(C)CCCc2cc(-c3nc(C(C)C)cs3)nc3c(C)c(CC)ccc23)C[C@H]1/C=C\CCCCCC)N1CCCC1. The van der Waals surface area contributed by atoms with Crippen molar-refractivity contribution in [1.29, 1.82) is 0 Å². The Morgan fingerprint density at radius 1 is 1.06 bits per heavy atom. The van der Waals surface area contributed by atoms with Gasteiger partial charge in [-0.05, 0) is 111 Å². The number of fused-ring (bicyclic) bond motifs is 1. The second kappa shape index (κ2) is 16.1. The molecular formula is C41H62N4S2. The van der Waals surface area contributed by atoms with Crippen molar-refractivity contribution in [1.82, 2.24) is 19.0 Å². The van der Waals surface area contributed by atoms with E-state index in [2.05, 4.69) is 98.0 Å². The minimum Gasteiger partial charge on any atom is -0.263 e. The number of unbranched alkanes of at least 4 members (excludes halogenated alkanes) is 4. The molecule has 3 heterocycles. The molecule has 3 aromatic rings. The monoisotopic (exact) mass is 674 g/mol. The summed E-state index contributed by atoms with van der Waals surface area (Å²) in [6.07, 6.45) is 19.9. The number of aromatic nitrogens is 2. The summed E-state index contributed by atoms with van der Waals surface area (Å²) < 4.78 is 6.48. The lowest BCUT2D eigenvalue weighted by Gasteiger charge is -2.32. The molecule has 2 aromatic heterocycles. The van der Waals surface area contributed by atoms with Gasteiger partial charge in [-0.15, -0.1) is 20.9 Å². The zero-order chi connectivity index (χ0) is 33.6. The average molecular weight is 675 g/mol. The van der Waals surface area contributed by atoms with Crippen LogP contribution in [0.3, 0.4) is 0 Å². The lowest BCUT2D eigenvalue weighted by Crippen LogP contribution is -2.33. The summed E-state index contributed by atoms with van der Waals surface area (Å²) in [6.45, 7) is 17.0. The third-order valence-corrected chi connectivity index (χ3v) is 14.1. The van der Waals surface area contributed by atoms with Crippen LogP contribution in [0, 0.1) is 24.2 Å². The standard InChI is InChI=1S/C41H62N4S2/c1-9-11-12-13-14-15-21-35-27-41(35,29-42-47(7,8)45-24-16-17-25-45)31(5)19-18-20-34-26-37(40-44-38(28-46-40)30(3)4)43-39-32(6)33(10-2)22-23-36(34)39/h15,21-23,26,28,30-31,35,42H,7-14,16-20,24-25,27,29H2,1-6H3/b21-15-/t31?,35-,41-/m1/s1. The second-order valence-corrected chi connectivity index (χ2v) is 18.3. The van der Waals surface area contributed by atoms with Gasteiger partial charge in [-0.2, -0.15) is 0 Å². The molecule has 1 saturated carbocycles. The number of pyridine rings is 1. The van der Waals surface area contributed by atoms with Crippen LogP contribution in [0.2, 0.25) is 0 Å². The highest BCUT2D eigenvalue weighted by atomic mass is 32.2. The van der Waals surface area contributed by atoms with Gasteiger partial charge in [-0.3, -0.25) is 9.03 Å². The van der Waals surface area contributed by atoms with Crippen LogP contribution in [-0.2, 0) is 12.8 Å². The van der Waals surface area contributed by atoms with E-state index in [1.807, 2.05) is 0 Å². The van der Waals surface area contributed by atoms with Crippen molar-refractivity contribution in [3.8, 4) is 10.7 Å². The maximum Gasteiger partial charge on any atom is 0.142 e. The van der Waals surface area contributed by atoms with Crippen LogP contribution >= 0.6 is 20.9 Å². The van der Waals surface area contributed by atoms with Crippen LogP contribution in [0.1, 0.15) is 127 Å². The fourth-order valence-electron chi connectivity index (χ4n) is 7.70. The lowest BCUT2D eigenvalue weighted by molar-refractivity contribution is 0.292. The molecule has 6 heteroatoms. The Balaban J connectivity index is 1.33. The Hall–Kier alpha value is -1.99. The predicted octanol–water partition coefficient (Wildman–Crippen LogP) is 11.0. The van der Waals surface area contributed by atoms with E-state index >= 15 is 0 Å². The predicted molar refractivity (Wildman–Crippen MR) is 212 cm³/mol. The van der Waals surface area contributed by atoms with Crippen LogP contribution in [0.15, 0.2) is 35.7 Å². The fraction of sp³-hybridized carbons (Fsp3) is 0.610. The molecule has 2 aliphatic rings. The van der Waals surface area contributed by atoms with Crippen LogP contribution in [0.25, 0.3) is 21.6 Å². The first-order valence-corrected chi connectivity index (χ1v) is 21.4. The van der Waals surface area contributed by atoms with Gasteiger partial charge in [0.2, 0.25) is 0 Å². The summed E-state index contributed by atoms with van der Waals surface area (Å²) in [5, 5.41) is 4.57. The molecule has 47 heavy (non-hydrogen) atoms. The van der Waals surface area contributed by atoms with E-state index in [-0.39, 0.29) is 0 Å². The van der Waals surface area contributed by atoms with Crippen molar-refractivity contribution in [3.63, 3.8) is 0 Å². The minimum absolute atomic E-state index is 0.305. The Morgan fingerprint density at radius 2 is 1.85 bits per heavy atom. The van der Waals surface area contributed by atoms with Crippen molar-refractivity contribution in [2.75, 3.05) is 19.6 Å². The highest BCUT2D eigenvalue weighted by Gasteiger charge is 2.55. The van der Waals surface area contributed by atoms with Crippen molar-refractivity contribution >= 4 is 43.6 Å². The number of benzene rings is 1. The first-order chi connectivity index (χ1) is 22.6. The summed E-state index contributed by atoms with van der Waals surface area (Å²) >= 11 is 1.73. The highest BCUT2D eigenvalue weighted by molar-refractivity contribution is 8.24. The van der Waals surface area contributed by atoms with Crippen LogP contribution < -0.4 is 4.72 Å². The van der Waals surface area contributed by atoms with Crippen molar-refractivity contribution < 1.29 is 0 Å². The number of thiazole rings is 1. The first kappa shape index (κ1) is 36.3. The molecule has 4 nitrogen and oxygen atoms in total. The summed E-state index contributed by atoms with van der Waals surface area (Å²) in [5.74, 6) is 11.0. The molecule has 1 unspecified atom stereocenters. The summed E-state index contributed by atoms with van der Waals surface area (Å²) in [5.41, 5.74) is 7.79. The molecule has 0 amide bonds. The van der Waals surface area contributed by atoms with E-state index in [1.54, 1.807) is 11.3 Å². The molecule has 258 valence electrons. The quantitative estimate of drug-likeness (QED) is 0.0828. The summed E-state index contributed by atoms with van der Waals surface area (Å²) in [7, 11) is -1.43. The third kappa shape index (κ3) is 8.60. The van der Waals surface area contributed by atoms with Crippen LogP contribution in [0.5, 0.6) is 0 Å². The fourth-order valence-corrected chi connectivity index (χ4v) is 10.3. The molecule has 3 atom stereocenters. The topological polar surface area (TPSA) is 41.1 Å². The zero-order valence-electron chi connectivity index (χ0n) is 30.4. The van der Waals surface area contributed by atoms with E-state index in [9.17, 15) is 0 Å². The normalized spacial score (nSPS) is 21.0. The Kier molecular flexibility index (Phi) is 12.5. The smallest absolute Gasteiger partial charge is 0.142 e. The van der Waals surface area contributed by atoms with Crippen LogP contribution in [-0.4, -0.2) is 45.6 Å². The highest BCUT2D eigenvalue weighted by Crippen LogP contribution is 2.60. The van der Waals surface area contributed by atoms with Gasteiger partial charge in [0.15, 0.2) is 0 Å². The molecular weight excluding hydrogens is 613 g/mol.